The van der Waals surface area contributed by atoms with Crippen molar-refractivity contribution in [3.05, 3.63) is 72.8 Å². The lowest BCUT2D eigenvalue weighted by molar-refractivity contribution is 0.477. The van der Waals surface area contributed by atoms with Gasteiger partial charge < -0.3 is 5.11 Å². The zero-order valence-corrected chi connectivity index (χ0v) is 16.7. The number of phenolic OH excluding ortho intramolecular Hbond substituents is 1. The second kappa shape index (κ2) is 6.93. The smallest absolute Gasteiger partial charge is 0.164 e. The Hall–Kier alpha value is -2.89. The summed E-state index contributed by atoms with van der Waals surface area (Å²) in [4.78, 5) is 9.47. The van der Waals surface area contributed by atoms with Gasteiger partial charge in [-0.15, -0.1) is 23.1 Å². The first kappa shape index (κ1) is 17.2. The quantitative estimate of drug-likeness (QED) is 0.273. The maximum atomic E-state index is 10.3. The summed E-state index contributed by atoms with van der Waals surface area (Å²) in [7, 11) is 0. The lowest BCUT2D eigenvalue weighted by atomic mass is 10.0. The van der Waals surface area contributed by atoms with Gasteiger partial charge in [0.15, 0.2) is 5.82 Å². The second-order valence-corrected chi connectivity index (χ2v) is 8.32. The highest BCUT2D eigenvalue weighted by molar-refractivity contribution is 7.98. The highest BCUT2D eigenvalue weighted by Crippen LogP contribution is 2.40. The molecule has 0 atom stereocenters. The molecule has 136 valence electrons. The van der Waals surface area contributed by atoms with Crippen LogP contribution in [0.25, 0.3) is 42.8 Å². The number of aromatic nitrogens is 2. The van der Waals surface area contributed by atoms with Gasteiger partial charge in [-0.05, 0) is 36.6 Å². The van der Waals surface area contributed by atoms with E-state index in [-0.39, 0.29) is 5.75 Å². The van der Waals surface area contributed by atoms with Crippen molar-refractivity contribution in [1.82, 2.24) is 9.97 Å². The maximum Gasteiger partial charge on any atom is 0.164 e. The van der Waals surface area contributed by atoms with Crippen LogP contribution in [-0.4, -0.2) is 21.3 Å². The molecule has 2 heterocycles. The summed E-state index contributed by atoms with van der Waals surface area (Å²) in [6.45, 7) is 0. The molecular weight excluding hydrogens is 384 g/mol. The zero-order valence-electron chi connectivity index (χ0n) is 15.1. The van der Waals surface area contributed by atoms with E-state index < -0.39 is 0 Å². The lowest BCUT2D eigenvalue weighted by Gasteiger charge is -2.10. The standard InChI is InChI=1S/C23H16N2OS2/c1-27-21-13-17(24-23(25-21)15-7-2-4-10-18(15)26)14-9-6-12-20-22(14)16-8-3-5-11-19(16)28-20/h2-13,26H,1H3. The molecule has 0 bridgehead atoms. The molecule has 5 aromatic rings. The van der Waals surface area contributed by atoms with Crippen molar-refractivity contribution in [3.63, 3.8) is 0 Å². The summed E-state index contributed by atoms with van der Waals surface area (Å²) in [5.74, 6) is 0.724. The Labute approximate surface area is 170 Å². The SMILES string of the molecule is CSc1cc(-c2cccc3sc4ccccc4c23)nc(-c2ccccc2O)n1. The van der Waals surface area contributed by atoms with Crippen LogP contribution in [0.4, 0.5) is 0 Å². The normalized spacial score (nSPS) is 11.3. The van der Waals surface area contributed by atoms with Crippen LogP contribution in [0.3, 0.4) is 0 Å². The van der Waals surface area contributed by atoms with Gasteiger partial charge in [0.25, 0.3) is 0 Å². The number of hydrogen-bond acceptors (Lipinski definition) is 5. The maximum absolute atomic E-state index is 10.3. The highest BCUT2D eigenvalue weighted by Gasteiger charge is 2.15. The average molecular weight is 401 g/mol. The third-order valence-electron chi connectivity index (χ3n) is 4.74. The van der Waals surface area contributed by atoms with E-state index >= 15 is 0 Å². The van der Waals surface area contributed by atoms with Crippen LogP contribution in [0.1, 0.15) is 0 Å². The van der Waals surface area contributed by atoms with Crippen molar-refractivity contribution in [3.8, 4) is 28.4 Å². The fourth-order valence-electron chi connectivity index (χ4n) is 3.44. The Morgan fingerprint density at radius 3 is 2.43 bits per heavy atom. The van der Waals surface area contributed by atoms with Crippen LogP contribution >= 0.6 is 23.1 Å². The molecule has 0 saturated heterocycles. The van der Waals surface area contributed by atoms with Crippen molar-refractivity contribution in [1.29, 1.82) is 0 Å². The van der Waals surface area contributed by atoms with E-state index in [0.29, 0.717) is 11.4 Å². The molecule has 1 N–H and O–H groups in total. The summed E-state index contributed by atoms with van der Waals surface area (Å²) >= 11 is 3.37. The summed E-state index contributed by atoms with van der Waals surface area (Å²) < 4.78 is 2.51. The number of thiophene rings is 1. The molecule has 2 aromatic heterocycles. The Morgan fingerprint density at radius 1 is 0.821 bits per heavy atom. The number of rotatable bonds is 3. The largest absolute Gasteiger partial charge is 0.507 e. The molecular formula is C23H16N2OS2. The van der Waals surface area contributed by atoms with Gasteiger partial charge in [0.05, 0.1) is 11.3 Å². The number of para-hydroxylation sites is 1. The molecule has 28 heavy (non-hydrogen) atoms. The van der Waals surface area contributed by atoms with Gasteiger partial charge in [0, 0.05) is 25.7 Å². The minimum Gasteiger partial charge on any atom is -0.507 e. The minimum atomic E-state index is 0.186. The van der Waals surface area contributed by atoms with Crippen molar-refractivity contribution >= 4 is 43.3 Å². The fourth-order valence-corrected chi connectivity index (χ4v) is 4.98. The molecule has 0 radical (unpaired) electrons. The molecule has 5 rings (SSSR count). The number of aromatic hydroxyl groups is 1. The average Bonchev–Trinajstić information content (AvgIpc) is 3.12. The molecule has 0 aliphatic rings. The molecule has 0 fully saturated rings. The van der Waals surface area contributed by atoms with Crippen LogP contribution in [0.5, 0.6) is 5.75 Å². The number of nitrogens with zero attached hydrogens (tertiary/aromatic N) is 2. The number of hydrogen-bond donors (Lipinski definition) is 1. The lowest BCUT2D eigenvalue weighted by Crippen LogP contribution is -1.95. The third kappa shape index (κ3) is 2.84. The van der Waals surface area contributed by atoms with E-state index in [0.717, 1.165) is 16.3 Å². The van der Waals surface area contributed by atoms with E-state index in [2.05, 4.69) is 47.4 Å². The Kier molecular flexibility index (Phi) is 4.26. The van der Waals surface area contributed by atoms with Crippen LogP contribution in [0.15, 0.2) is 77.8 Å². The molecule has 0 amide bonds. The molecule has 0 unspecified atom stereocenters. The van der Waals surface area contributed by atoms with Crippen molar-refractivity contribution in [2.24, 2.45) is 0 Å². The van der Waals surface area contributed by atoms with Gasteiger partial charge in [0.2, 0.25) is 0 Å². The van der Waals surface area contributed by atoms with Gasteiger partial charge in [-0.3, -0.25) is 0 Å². The predicted molar refractivity (Wildman–Crippen MR) is 119 cm³/mol. The third-order valence-corrected chi connectivity index (χ3v) is 6.50. The first-order valence-corrected chi connectivity index (χ1v) is 10.9. The zero-order chi connectivity index (χ0) is 19.1. The predicted octanol–water partition coefficient (Wildman–Crippen LogP) is 6.61. The van der Waals surface area contributed by atoms with Gasteiger partial charge >= 0.3 is 0 Å². The van der Waals surface area contributed by atoms with Gasteiger partial charge in [0.1, 0.15) is 10.8 Å². The minimum absolute atomic E-state index is 0.186. The van der Waals surface area contributed by atoms with Crippen LogP contribution < -0.4 is 0 Å². The number of phenols is 1. The summed E-state index contributed by atoms with van der Waals surface area (Å²) in [6.07, 6.45) is 2.00. The highest BCUT2D eigenvalue weighted by atomic mass is 32.2. The number of benzene rings is 3. The molecule has 5 heteroatoms. The van der Waals surface area contributed by atoms with E-state index in [1.165, 1.54) is 20.2 Å². The number of thioether (sulfide) groups is 1. The Morgan fingerprint density at radius 2 is 1.57 bits per heavy atom. The van der Waals surface area contributed by atoms with Crippen LogP contribution in [0.2, 0.25) is 0 Å². The first-order valence-electron chi connectivity index (χ1n) is 8.86. The molecule has 3 aromatic carbocycles. The first-order chi connectivity index (χ1) is 13.7. The monoisotopic (exact) mass is 400 g/mol. The molecule has 0 aliphatic heterocycles. The van der Waals surface area contributed by atoms with E-state index in [1.807, 2.05) is 24.5 Å². The second-order valence-electron chi connectivity index (χ2n) is 6.41. The Bertz CT molecular complexity index is 1330. The summed E-state index contributed by atoms with van der Waals surface area (Å²) in [6, 6.07) is 24.0. The van der Waals surface area contributed by atoms with Crippen LogP contribution in [-0.2, 0) is 0 Å². The summed E-state index contributed by atoms with van der Waals surface area (Å²) in [5.41, 5.74) is 2.60. The molecule has 0 aliphatic carbocycles. The number of fused-ring (bicyclic) bond motifs is 3. The van der Waals surface area contributed by atoms with Gasteiger partial charge in [-0.2, -0.15) is 0 Å². The topological polar surface area (TPSA) is 46.0 Å². The van der Waals surface area contributed by atoms with E-state index in [9.17, 15) is 5.11 Å². The molecule has 0 saturated carbocycles. The van der Waals surface area contributed by atoms with Gasteiger partial charge in [-0.25, -0.2) is 9.97 Å². The summed E-state index contributed by atoms with van der Waals surface area (Å²) in [5, 5.41) is 13.6. The van der Waals surface area contributed by atoms with E-state index in [1.54, 1.807) is 35.2 Å². The van der Waals surface area contributed by atoms with Gasteiger partial charge in [-0.1, -0.05) is 42.5 Å². The fraction of sp³-hybridized carbons (Fsp3) is 0.0435. The van der Waals surface area contributed by atoms with Crippen molar-refractivity contribution in [2.75, 3.05) is 6.26 Å². The van der Waals surface area contributed by atoms with Crippen molar-refractivity contribution in [2.45, 2.75) is 5.03 Å². The van der Waals surface area contributed by atoms with Crippen molar-refractivity contribution < 1.29 is 5.11 Å². The van der Waals surface area contributed by atoms with E-state index in [4.69, 9.17) is 4.98 Å². The Balaban J connectivity index is 1.80. The molecule has 3 nitrogen and oxygen atoms in total. The van der Waals surface area contributed by atoms with Crippen LogP contribution in [0, 0.1) is 0 Å². The molecule has 0 spiro atoms.